The second kappa shape index (κ2) is 6.83. The molecule has 5 heteroatoms. The van der Waals surface area contributed by atoms with Crippen molar-refractivity contribution >= 4 is 11.8 Å². The molecule has 2 aromatic carbocycles. The van der Waals surface area contributed by atoms with Gasteiger partial charge in [0.1, 0.15) is 23.4 Å². The third-order valence-electron chi connectivity index (χ3n) is 5.06. The van der Waals surface area contributed by atoms with Gasteiger partial charge in [-0.15, -0.1) is 0 Å². The van der Waals surface area contributed by atoms with Crippen LogP contribution in [0.5, 0.6) is 17.2 Å². The molecule has 26 heavy (non-hydrogen) atoms. The fourth-order valence-electron chi connectivity index (χ4n) is 3.61. The van der Waals surface area contributed by atoms with Gasteiger partial charge in [-0.3, -0.25) is 9.59 Å². The van der Waals surface area contributed by atoms with Crippen molar-refractivity contribution in [2.24, 2.45) is 5.92 Å². The van der Waals surface area contributed by atoms with Crippen LogP contribution in [0.25, 0.3) is 0 Å². The minimum Gasteiger partial charge on any atom is -0.508 e. The predicted molar refractivity (Wildman–Crippen MR) is 94.5 cm³/mol. The smallest absolute Gasteiger partial charge is 0.314 e. The zero-order valence-electron chi connectivity index (χ0n) is 14.3. The first-order chi connectivity index (χ1) is 12.6. The summed E-state index contributed by atoms with van der Waals surface area (Å²) in [6.07, 6.45) is 3.80. The maximum Gasteiger partial charge on any atom is 0.314 e. The van der Waals surface area contributed by atoms with E-state index in [4.69, 9.17) is 9.47 Å². The molecule has 1 aliphatic heterocycles. The van der Waals surface area contributed by atoms with E-state index >= 15 is 0 Å². The van der Waals surface area contributed by atoms with E-state index in [1.165, 1.54) is 12.1 Å². The highest BCUT2D eigenvalue weighted by atomic mass is 16.5. The Morgan fingerprint density at radius 1 is 1.08 bits per heavy atom. The molecule has 1 fully saturated rings. The van der Waals surface area contributed by atoms with Crippen molar-refractivity contribution in [3.63, 3.8) is 0 Å². The molecule has 2 aromatic rings. The van der Waals surface area contributed by atoms with Crippen molar-refractivity contribution < 1.29 is 24.2 Å². The highest BCUT2D eigenvalue weighted by molar-refractivity contribution is 6.00. The topological polar surface area (TPSA) is 72.8 Å². The van der Waals surface area contributed by atoms with Crippen molar-refractivity contribution in [3.8, 4) is 17.2 Å². The van der Waals surface area contributed by atoms with Crippen LogP contribution < -0.4 is 9.47 Å². The number of rotatable bonds is 3. The van der Waals surface area contributed by atoms with E-state index in [1.807, 2.05) is 12.1 Å². The number of hydrogen-bond donors (Lipinski definition) is 1. The van der Waals surface area contributed by atoms with Gasteiger partial charge < -0.3 is 14.6 Å². The van der Waals surface area contributed by atoms with Gasteiger partial charge in [0.2, 0.25) is 0 Å². The number of phenols is 1. The van der Waals surface area contributed by atoms with Gasteiger partial charge in [0.25, 0.3) is 0 Å². The number of ketones is 1. The van der Waals surface area contributed by atoms with Gasteiger partial charge in [-0.25, -0.2) is 0 Å². The Bertz CT molecular complexity index is 834. The SMILES string of the molecule is O=C1C[C@H](c2ccc(OC(=O)C3CCCC3)cc2)Oc2cc(O)ccc21. The average molecular weight is 352 g/mol. The third-order valence-corrected chi connectivity index (χ3v) is 5.06. The molecule has 1 atom stereocenters. The molecule has 1 saturated carbocycles. The summed E-state index contributed by atoms with van der Waals surface area (Å²) in [4.78, 5) is 24.4. The van der Waals surface area contributed by atoms with Crippen molar-refractivity contribution in [1.82, 2.24) is 0 Å². The molecular weight excluding hydrogens is 332 g/mol. The number of hydrogen-bond acceptors (Lipinski definition) is 5. The zero-order chi connectivity index (χ0) is 18.1. The van der Waals surface area contributed by atoms with E-state index in [9.17, 15) is 14.7 Å². The standard InChI is InChI=1S/C21H20O5/c22-15-7-10-17-18(23)12-19(26-20(17)11-15)13-5-8-16(9-6-13)25-21(24)14-3-1-2-4-14/h5-11,14,19,22H,1-4,12H2/t19-/m1/s1. The molecule has 0 amide bonds. The third kappa shape index (κ3) is 3.29. The van der Waals surface area contributed by atoms with Crippen LogP contribution in [0, 0.1) is 5.92 Å². The number of carbonyl (C=O) groups is 2. The van der Waals surface area contributed by atoms with Crippen LogP contribution in [0.1, 0.15) is 54.1 Å². The molecule has 1 heterocycles. The molecule has 5 nitrogen and oxygen atoms in total. The van der Waals surface area contributed by atoms with Crippen molar-refractivity contribution in [2.45, 2.75) is 38.2 Å². The maximum atomic E-state index is 12.3. The van der Waals surface area contributed by atoms with E-state index in [1.54, 1.807) is 18.2 Å². The Balaban J connectivity index is 1.47. The number of carbonyl (C=O) groups excluding carboxylic acids is 2. The van der Waals surface area contributed by atoms with Crippen LogP contribution in [0.2, 0.25) is 0 Å². The van der Waals surface area contributed by atoms with Gasteiger partial charge >= 0.3 is 5.97 Å². The molecule has 0 aromatic heterocycles. The summed E-state index contributed by atoms with van der Waals surface area (Å²) >= 11 is 0. The molecule has 0 spiro atoms. The monoisotopic (exact) mass is 352 g/mol. The van der Waals surface area contributed by atoms with Gasteiger partial charge in [0.15, 0.2) is 5.78 Å². The number of benzene rings is 2. The summed E-state index contributed by atoms with van der Waals surface area (Å²) in [6.45, 7) is 0. The quantitative estimate of drug-likeness (QED) is 0.662. The van der Waals surface area contributed by atoms with Crippen LogP contribution in [0.4, 0.5) is 0 Å². The van der Waals surface area contributed by atoms with Gasteiger partial charge in [0, 0.05) is 6.07 Å². The molecule has 4 rings (SSSR count). The van der Waals surface area contributed by atoms with Crippen molar-refractivity contribution in [2.75, 3.05) is 0 Å². The van der Waals surface area contributed by atoms with E-state index in [-0.39, 0.29) is 29.8 Å². The lowest BCUT2D eigenvalue weighted by Crippen LogP contribution is -2.20. The Hall–Kier alpha value is -2.82. The maximum absolute atomic E-state index is 12.3. The highest BCUT2D eigenvalue weighted by Gasteiger charge is 2.28. The first-order valence-corrected chi connectivity index (χ1v) is 8.94. The molecular formula is C21H20O5. The van der Waals surface area contributed by atoms with Crippen LogP contribution in [-0.4, -0.2) is 16.9 Å². The van der Waals surface area contributed by atoms with E-state index in [0.717, 1.165) is 31.2 Å². The number of esters is 1. The second-order valence-electron chi connectivity index (χ2n) is 6.89. The first-order valence-electron chi connectivity index (χ1n) is 8.94. The number of Topliss-reactive ketones (excluding diaryl/α,β-unsaturated/α-hetero) is 1. The Morgan fingerprint density at radius 3 is 2.54 bits per heavy atom. The lowest BCUT2D eigenvalue weighted by Gasteiger charge is -2.25. The number of fused-ring (bicyclic) bond motifs is 1. The summed E-state index contributed by atoms with van der Waals surface area (Å²) in [7, 11) is 0. The second-order valence-corrected chi connectivity index (χ2v) is 6.89. The molecule has 2 aliphatic rings. The van der Waals surface area contributed by atoms with Crippen LogP contribution in [0.3, 0.4) is 0 Å². The fourth-order valence-corrected chi connectivity index (χ4v) is 3.61. The zero-order valence-corrected chi connectivity index (χ0v) is 14.3. The summed E-state index contributed by atoms with van der Waals surface area (Å²) in [6, 6.07) is 11.6. The van der Waals surface area contributed by atoms with Gasteiger partial charge in [-0.05, 0) is 42.7 Å². The largest absolute Gasteiger partial charge is 0.508 e. The minimum atomic E-state index is -0.420. The number of aromatic hydroxyl groups is 1. The van der Waals surface area contributed by atoms with Crippen LogP contribution >= 0.6 is 0 Å². The van der Waals surface area contributed by atoms with E-state index < -0.39 is 6.10 Å². The molecule has 0 saturated heterocycles. The fraction of sp³-hybridized carbons (Fsp3) is 0.333. The van der Waals surface area contributed by atoms with Gasteiger partial charge in [-0.2, -0.15) is 0 Å². The van der Waals surface area contributed by atoms with Gasteiger partial charge in [0.05, 0.1) is 17.9 Å². The van der Waals surface area contributed by atoms with E-state index in [2.05, 4.69) is 0 Å². The summed E-state index contributed by atoms with van der Waals surface area (Å²) in [5.74, 6) is 0.787. The van der Waals surface area contributed by atoms with Gasteiger partial charge in [-0.1, -0.05) is 25.0 Å². The molecule has 1 N–H and O–H groups in total. The Labute approximate surface area is 151 Å². The first kappa shape index (κ1) is 16.6. The normalized spacial score (nSPS) is 19.7. The van der Waals surface area contributed by atoms with Crippen molar-refractivity contribution in [3.05, 3.63) is 53.6 Å². The number of phenolic OH excluding ortho intramolecular Hbond substituents is 1. The number of ether oxygens (including phenoxy) is 2. The molecule has 0 radical (unpaired) electrons. The van der Waals surface area contributed by atoms with Crippen molar-refractivity contribution in [1.29, 1.82) is 0 Å². The molecule has 0 unspecified atom stereocenters. The van der Waals surface area contributed by atoms with E-state index in [0.29, 0.717) is 17.1 Å². The lowest BCUT2D eigenvalue weighted by atomic mass is 9.96. The Morgan fingerprint density at radius 2 is 1.81 bits per heavy atom. The average Bonchev–Trinajstić information content (AvgIpc) is 3.16. The summed E-state index contributed by atoms with van der Waals surface area (Å²) < 4.78 is 11.3. The molecule has 0 bridgehead atoms. The van der Waals surface area contributed by atoms with Crippen LogP contribution in [0.15, 0.2) is 42.5 Å². The Kier molecular flexibility index (Phi) is 4.37. The lowest BCUT2D eigenvalue weighted by molar-refractivity contribution is -0.138. The van der Waals surface area contributed by atoms with Crippen LogP contribution in [-0.2, 0) is 4.79 Å². The highest BCUT2D eigenvalue weighted by Crippen LogP contribution is 2.37. The molecule has 1 aliphatic carbocycles. The summed E-state index contributed by atoms with van der Waals surface area (Å²) in [5.41, 5.74) is 1.31. The minimum absolute atomic E-state index is 0.0122. The molecule has 134 valence electrons. The predicted octanol–water partition coefficient (Wildman–Crippen LogP) is 4.19. The summed E-state index contributed by atoms with van der Waals surface area (Å²) in [5, 5.41) is 9.60.